The molecule has 0 bridgehead atoms. The van der Waals surface area contributed by atoms with E-state index in [9.17, 15) is 18.0 Å². The molecule has 2 aromatic rings. The van der Waals surface area contributed by atoms with E-state index in [4.69, 9.17) is 0 Å². The molecule has 3 rings (SSSR count). The van der Waals surface area contributed by atoms with Crippen molar-refractivity contribution in [3.8, 4) is 0 Å². The summed E-state index contributed by atoms with van der Waals surface area (Å²) in [7, 11) is -3.57. The minimum absolute atomic E-state index is 0.00371. The number of nitrogens with zero attached hydrogens (tertiary/aromatic N) is 1. The van der Waals surface area contributed by atoms with Crippen LogP contribution in [0.5, 0.6) is 0 Å². The Kier molecular flexibility index (Phi) is 15.8. The van der Waals surface area contributed by atoms with Crippen molar-refractivity contribution in [2.45, 2.75) is 114 Å². The standard InChI is InChI=1S/C35H52N2O4S2/c1-3-4-5-6-10-17-32-18-19-34(26-37-32)43(40,41)27-30-16-11-15-29(22-30)24-33(38)25-31(23-28-13-8-7-9-14-28)35(39)36-20-12-21-42-2/h11,15-16,18-19,22,26,28,31H,3-10,12-14,17,20-21,23-25,27H2,1-2H3,(H,36,39)/t31-/m0/s1. The first-order chi connectivity index (χ1) is 20.8. The lowest BCUT2D eigenvalue weighted by atomic mass is 9.80. The second kappa shape index (κ2) is 19.3. The molecule has 8 heteroatoms. The Morgan fingerprint density at radius 2 is 1.77 bits per heavy atom. The first kappa shape index (κ1) is 35.3. The number of amides is 1. The molecule has 1 amide bonds. The Hall–Kier alpha value is -2.19. The number of unbranched alkanes of at least 4 members (excludes halogenated alkanes) is 4. The molecule has 1 aromatic heterocycles. The van der Waals surface area contributed by atoms with Crippen molar-refractivity contribution in [1.82, 2.24) is 10.3 Å². The van der Waals surface area contributed by atoms with Crippen molar-refractivity contribution in [3.63, 3.8) is 0 Å². The van der Waals surface area contributed by atoms with Crippen LogP contribution in [0.2, 0.25) is 0 Å². The molecule has 0 radical (unpaired) electrons. The van der Waals surface area contributed by atoms with Crippen molar-refractivity contribution in [1.29, 1.82) is 0 Å². The molecule has 1 aliphatic carbocycles. The SMILES string of the molecule is CCCCCCCc1ccc(S(=O)(=O)Cc2cccc(CC(=O)C[C@H](CC3CCCCC3)C(=O)NCCCSC)c2)cn1. The average Bonchev–Trinajstić information content (AvgIpc) is 2.99. The molecule has 1 N–H and O–H groups in total. The number of aromatic nitrogens is 1. The number of pyridine rings is 1. The van der Waals surface area contributed by atoms with E-state index in [1.807, 2.05) is 24.3 Å². The van der Waals surface area contributed by atoms with Crippen LogP contribution in [-0.2, 0) is 38.0 Å². The number of sulfone groups is 1. The number of aryl methyl sites for hydroxylation is 1. The highest BCUT2D eigenvalue weighted by Crippen LogP contribution is 2.30. The van der Waals surface area contributed by atoms with Gasteiger partial charge in [0.05, 0.1) is 10.6 Å². The molecule has 0 spiro atoms. The zero-order valence-corrected chi connectivity index (χ0v) is 28.0. The van der Waals surface area contributed by atoms with Gasteiger partial charge in [0.1, 0.15) is 5.78 Å². The summed E-state index contributed by atoms with van der Waals surface area (Å²) in [6.45, 7) is 2.84. The summed E-state index contributed by atoms with van der Waals surface area (Å²) in [6, 6.07) is 10.8. The molecule has 0 aliphatic heterocycles. The molecule has 238 valence electrons. The van der Waals surface area contributed by atoms with Gasteiger partial charge in [-0.15, -0.1) is 0 Å². The summed E-state index contributed by atoms with van der Waals surface area (Å²) in [5.74, 6) is 1.08. The quantitative estimate of drug-likeness (QED) is 0.152. The number of ketones is 1. The molecule has 1 fully saturated rings. The maximum Gasteiger partial charge on any atom is 0.223 e. The van der Waals surface area contributed by atoms with Crippen molar-refractivity contribution in [3.05, 3.63) is 59.4 Å². The lowest BCUT2D eigenvalue weighted by Gasteiger charge is -2.26. The topological polar surface area (TPSA) is 93.2 Å². The summed E-state index contributed by atoms with van der Waals surface area (Å²) in [5, 5.41) is 3.07. The molecule has 1 aliphatic rings. The maximum atomic E-state index is 13.2. The van der Waals surface area contributed by atoms with Crippen molar-refractivity contribution < 1.29 is 18.0 Å². The Balaban J connectivity index is 1.57. The number of nitrogens with one attached hydrogen (secondary N) is 1. The van der Waals surface area contributed by atoms with Crippen LogP contribution in [0, 0.1) is 11.8 Å². The van der Waals surface area contributed by atoms with Crippen LogP contribution >= 0.6 is 11.8 Å². The predicted octanol–water partition coefficient (Wildman–Crippen LogP) is 7.53. The van der Waals surface area contributed by atoms with Gasteiger partial charge in [0.2, 0.25) is 5.91 Å². The van der Waals surface area contributed by atoms with Gasteiger partial charge in [-0.05, 0) is 66.9 Å². The smallest absolute Gasteiger partial charge is 0.223 e. The van der Waals surface area contributed by atoms with E-state index in [1.54, 1.807) is 23.9 Å². The first-order valence-electron chi connectivity index (χ1n) is 16.3. The summed E-state index contributed by atoms with van der Waals surface area (Å²) in [6.07, 6.45) is 18.4. The van der Waals surface area contributed by atoms with E-state index in [1.165, 1.54) is 51.1 Å². The van der Waals surface area contributed by atoms with Crippen molar-refractivity contribution in [2.75, 3.05) is 18.6 Å². The van der Waals surface area contributed by atoms with E-state index >= 15 is 0 Å². The number of thioether (sulfide) groups is 1. The minimum Gasteiger partial charge on any atom is -0.356 e. The van der Waals surface area contributed by atoms with Gasteiger partial charge in [-0.3, -0.25) is 14.6 Å². The molecule has 43 heavy (non-hydrogen) atoms. The number of carbonyl (C=O) groups is 2. The predicted molar refractivity (Wildman–Crippen MR) is 178 cm³/mol. The fourth-order valence-electron chi connectivity index (χ4n) is 6.04. The van der Waals surface area contributed by atoms with E-state index in [0.717, 1.165) is 55.5 Å². The second-order valence-electron chi connectivity index (χ2n) is 12.2. The highest BCUT2D eigenvalue weighted by Gasteiger charge is 2.26. The van der Waals surface area contributed by atoms with Crippen LogP contribution in [0.15, 0.2) is 47.5 Å². The third-order valence-corrected chi connectivity index (χ3v) is 10.8. The molecule has 1 heterocycles. The Morgan fingerprint density at radius 3 is 2.49 bits per heavy atom. The number of hydrogen-bond donors (Lipinski definition) is 1. The Bertz CT molecular complexity index is 1220. The Morgan fingerprint density at radius 1 is 1.00 bits per heavy atom. The molecular weight excluding hydrogens is 577 g/mol. The summed E-state index contributed by atoms with van der Waals surface area (Å²) in [5.41, 5.74) is 2.35. The molecule has 0 unspecified atom stereocenters. The normalized spacial score (nSPS) is 14.8. The zero-order chi connectivity index (χ0) is 30.9. The van der Waals surface area contributed by atoms with Crippen molar-refractivity contribution in [2.24, 2.45) is 11.8 Å². The third kappa shape index (κ3) is 13.1. The highest BCUT2D eigenvalue weighted by molar-refractivity contribution is 7.98. The fourth-order valence-corrected chi connectivity index (χ4v) is 7.75. The van der Waals surface area contributed by atoms with Gasteiger partial charge in [0, 0.05) is 37.2 Å². The Labute approximate surface area is 264 Å². The maximum absolute atomic E-state index is 13.2. The largest absolute Gasteiger partial charge is 0.356 e. The van der Waals surface area contributed by atoms with Crippen LogP contribution in [-0.4, -0.2) is 43.6 Å². The van der Waals surface area contributed by atoms with Crippen LogP contribution in [0.25, 0.3) is 0 Å². The van der Waals surface area contributed by atoms with E-state index in [2.05, 4.69) is 23.5 Å². The molecule has 0 saturated heterocycles. The monoisotopic (exact) mass is 628 g/mol. The first-order valence-corrected chi connectivity index (χ1v) is 19.4. The van der Waals surface area contributed by atoms with Gasteiger partial charge >= 0.3 is 0 Å². The van der Waals surface area contributed by atoms with Crippen LogP contribution in [0.4, 0.5) is 0 Å². The molecule has 1 atom stereocenters. The molecule has 6 nitrogen and oxygen atoms in total. The molecule has 1 aromatic carbocycles. The molecular formula is C35H52N2O4S2. The number of Topliss-reactive ketones (excluding diaryl/α,β-unsaturated/α-hetero) is 1. The fraction of sp³-hybridized carbons (Fsp3) is 0.629. The summed E-state index contributed by atoms with van der Waals surface area (Å²) in [4.78, 5) is 30.9. The third-order valence-electron chi connectivity index (χ3n) is 8.45. The van der Waals surface area contributed by atoms with Gasteiger partial charge < -0.3 is 5.32 Å². The lowest BCUT2D eigenvalue weighted by Crippen LogP contribution is -2.34. The highest BCUT2D eigenvalue weighted by atomic mass is 32.2. The van der Waals surface area contributed by atoms with E-state index < -0.39 is 9.84 Å². The van der Waals surface area contributed by atoms with Crippen LogP contribution < -0.4 is 5.32 Å². The van der Waals surface area contributed by atoms with Crippen LogP contribution in [0.3, 0.4) is 0 Å². The summed E-state index contributed by atoms with van der Waals surface area (Å²) < 4.78 is 26.3. The van der Waals surface area contributed by atoms with Gasteiger partial charge in [-0.2, -0.15) is 11.8 Å². The van der Waals surface area contributed by atoms with Gasteiger partial charge in [-0.25, -0.2) is 8.42 Å². The zero-order valence-electron chi connectivity index (χ0n) is 26.3. The average molecular weight is 629 g/mol. The second-order valence-corrected chi connectivity index (χ2v) is 15.2. The van der Waals surface area contributed by atoms with E-state index in [0.29, 0.717) is 18.0 Å². The number of hydrogen-bond acceptors (Lipinski definition) is 6. The number of benzene rings is 1. The van der Waals surface area contributed by atoms with Gasteiger partial charge in [0.25, 0.3) is 0 Å². The van der Waals surface area contributed by atoms with Gasteiger partial charge in [0.15, 0.2) is 9.84 Å². The van der Waals surface area contributed by atoms with E-state index in [-0.39, 0.29) is 41.1 Å². The molecule has 1 saturated carbocycles. The number of carbonyl (C=O) groups excluding carboxylic acids is 2. The van der Waals surface area contributed by atoms with Crippen LogP contribution in [0.1, 0.15) is 107 Å². The minimum atomic E-state index is -3.57. The summed E-state index contributed by atoms with van der Waals surface area (Å²) >= 11 is 1.76. The van der Waals surface area contributed by atoms with Crippen molar-refractivity contribution >= 4 is 33.3 Å². The number of rotatable bonds is 20. The van der Waals surface area contributed by atoms with Gasteiger partial charge in [-0.1, -0.05) is 89.0 Å². The lowest BCUT2D eigenvalue weighted by molar-refractivity contribution is -0.130.